The average Bonchev–Trinajstić information content (AvgIpc) is 2.40. The van der Waals surface area contributed by atoms with Crippen LogP contribution in [0.2, 0.25) is 0 Å². The number of hydrogen-bond donors (Lipinski definition) is 0. The molecule has 0 saturated heterocycles. The maximum atomic E-state index is 4.15. The minimum Gasteiger partial charge on any atom is -0.264 e. The lowest BCUT2D eigenvalue weighted by Gasteiger charge is -2.15. The molecule has 0 bridgehead atoms. The fourth-order valence-corrected chi connectivity index (χ4v) is 2.60. The van der Waals surface area contributed by atoms with E-state index in [2.05, 4.69) is 56.1 Å². The minimum absolute atomic E-state index is 0.647. The smallest absolute Gasteiger partial charge is 0.0346 e. The van der Waals surface area contributed by atoms with Crippen molar-refractivity contribution in [2.24, 2.45) is 5.92 Å². The van der Waals surface area contributed by atoms with Crippen LogP contribution in [0.25, 0.3) is 11.1 Å². The van der Waals surface area contributed by atoms with Gasteiger partial charge in [0.15, 0.2) is 0 Å². The second-order valence-electron chi connectivity index (χ2n) is 4.83. The van der Waals surface area contributed by atoms with E-state index in [4.69, 9.17) is 0 Å². The molecule has 0 unspecified atom stereocenters. The first-order valence-corrected chi connectivity index (χ1v) is 7.22. The molecule has 2 aromatic rings. The summed E-state index contributed by atoms with van der Waals surface area (Å²) in [6.45, 7) is 6.81. The van der Waals surface area contributed by atoms with E-state index in [9.17, 15) is 0 Å². The van der Waals surface area contributed by atoms with Crippen LogP contribution in [0.15, 0.2) is 53.7 Å². The molecular formula is C16H19NS. The summed E-state index contributed by atoms with van der Waals surface area (Å²) < 4.78 is 0. The molecule has 0 aliphatic heterocycles. The van der Waals surface area contributed by atoms with Gasteiger partial charge in [-0.05, 0) is 35.2 Å². The Labute approximate surface area is 114 Å². The van der Waals surface area contributed by atoms with Crippen LogP contribution < -0.4 is 0 Å². The van der Waals surface area contributed by atoms with Gasteiger partial charge in [0.2, 0.25) is 0 Å². The van der Waals surface area contributed by atoms with Gasteiger partial charge in [-0.15, -0.1) is 11.8 Å². The zero-order valence-corrected chi connectivity index (χ0v) is 11.9. The Morgan fingerprint density at radius 2 is 1.67 bits per heavy atom. The van der Waals surface area contributed by atoms with Crippen LogP contribution in [0.1, 0.15) is 20.8 Å². The van der Waals surface area contributed by atoms with E-state index in [1.807, 2.05) is 24.0 Å². The zero-order chi connectivity index (χ0) is 13.0. The molecule has 0 aliphatic carbocycles. The number of nitrogens with zero attached hydrogens (tertiary/aromatic N) is 1. The van der Waals surface area contributed by atoms with Crippen molar-refractivity contribution in [1.82, 2.24) is 4.98 Å². The normalized spacial score (nSPS) is 12.7. The molecule has 0 N–H and O–H groups in total. The highest BCUT2D eigenvalue weighted by molar-refractivity contribution is 8.00. The van der Waals surface area contributed by atoms with E-state index in [1.165, 1.54) is 16.0 Å². The first kappa shape index (κ1) is 13.2. The van der Waals surface area contributed by atoms with Crippen molar-refractivity contribution in [2.75, 3.05) is 0 Å². The highest BCUT2D eigenvalue weighted by atomic mass is 32.2. The van der Waals surface area contributed by atoms with Gasteiger partial charge >= 0.3 is 0 Å². The third-order valence-corrected chi connectivity index (χ3v) is 4.57. The predicted octanol–water partition coefficient (Wildman–Crippen LogP) is 4.89. The number of rotatable bonds is 4. The Hall–Kier alpha value is -1.28. The van der Waals surface area contributed by atoms with Crippen molar-refractivity contribution >= 4 is 11.8 Å². The molecule has 1 atom stereocenters. The number of hydrogen-bond acceptors (Lipinski definition) is 2. The van der Waals surface area contributed by atoms with Gasteiger partial charge in [-0.25, -0.2) is 0 Å². The Bertz CT molecular complexity index is 476. The van der Waals surface area contributed by atoms with Crippen molar-refractivity contribution in [3.63, 3.8) is 0 Å². The topological polar surface area (TPSA) is 12.9 Å². The second-order valence-corrected chi connectivity index (χ2v) is 6.28. The van der Waals surface area contributed by atoms with Gasteiger partial charge in [0, 0.05) is 22.5 Å². The van der Waals surface area contributed by atoms with Gasteiger partial charge in [0.05, 0.1) is 0 Å². The lowest BCUT2D eigenvalue weighted by atomic mass is 10.1. The third kappa shape index (κ3) is 3.36. The van der Waals surface area contributed by atoms with Crippen molar-refractivity contribution in [3.8, 4) is 11.1 Å². The van der Waals surface area contributed by atoms with Crippen LogP contribution in [-0.2, 0) is 0 Å². The van der Waals surface area contributed by atoms with Gasteiger partial charge in [0.25, 0.3) is 0 Å². The molecule has 1 aromatic carbocycles. The Morgan fingerprint density at radius 3 is 2.22 bits per heavy atom. The molecule has 94 valence electrons. The van der Waals surface area contributed by atoms with Crippen LogP contribution >= 0.6 is 11.8 Å². The van der Waals surface area contributed by atoms with Crippen molar-refractivity contribution < 1.29 is 0 Å². The molecule has 0 saturated carbocycles. The molecular weight excluding hydrogens is 238 g/mol. The molecule has 0 radical (unpaired) electrons. The zero-order valence-electron chi connectivity index (χ0n) is 11.1. The van der Waals surface area contributed by atoms with Gasteiger partial charge < -0.3 is 0 Å². The minimum atomic E-state index is 0.647. The number of aromatic nitrogens is 1. The summed E-state index contributed by atoms with van der Waals surface area (Å²) in [5, 5.41) is 0.647. The summed E-state index contributed by atoms with van der Waals surface area (Å²) in [5.74, 6) is 0.702. The number of pyridine rings is 1. The van der Waals surface area contributed by atoms with Crippen molar-refractivity contribution in [2.45, 2.75) is 30.9 Å². The largest absolute Gasteiger partial charge is 0.264 e. The Morgan fingerprint density at radius 1 is 0.944 bits per heavy atom. The molecule has 0 spiro atoms. The van der Waals surface area contributed by atoms with Crippen molar-refractivity contribution in [1.29, 1.82) is 0 Å². The fourth-order valence-electron chi connectivity index (χ4n) is 1.61. The van der Waals surface area contributed by atoms with Crippen LogP contribution in [0.3, 0.4) is 0 Å². The van der Waals surface area contributed by atoms with E-state index in [0.29, 0.717) is 11.2 Å². The summed E-state index contributed by atoms with van der Waals surface area (Å²) in [5.41, 5.74) is 2.40. The molecule has 1 nitrogen and oxygen atoms in total. The first-order valence-electron chi connectivity index (χ1n) is 6.34. The standard InChI is InChI=1S/C16H19NS/c1-12(2)13(3)18-16-8-6-14(7-9-16)15-5-4-10-17-11-15/h4-13H,1-3H3/t13-/m0/s1. The predicted molar refractivity (Wildman–Crippen MR) is 79.8 cm³/mol. The van der Waals surface area contributed by atoms with E-state index in [1.54, 1.807) is 6.20 Å². The Kier molecular flexibility index (Phi) is 4.43. The molecule has 0 fully saturated rings. The van der Waals surface area contributed by atoms with Gasteiger partial charge in [-0.3, -0.25) is 4.98 Å². The molecule has 2 heteroatoms. The monoisotopic (exact) mass is 257 g/mol. The third-order valence-electron chi connectivity index (χ3n) is 3.11. The molecule has 0 aliphatic rings. The fraction of sp³-hybridized carbons (Fsp3) is 0.312. The van der Waals surface area contributed by atoms with Gasteiger partial charge in [-0.1, -0.05) is 39.0 Å². The van der Waals surface area contributed by atoms with E-state index >= 15 is 0 Å². The molecule has 0 amide bonds. The van der Waals surface area contributed by atoms with Crippen LogP contribution in [0.5, 0.6) is 0 Å². The van der Waals surface area contributed by atoms with Crippen LogP contribution in [0, 0.1) is 5.92 Å². The molecule has 1 heterocycles. The quantitative estimate of drug-likeness (QED) is 0.724. The summed E-state index contributed by atoms with van der Waals surface area (Å²) in [6, 6.07) is 12.8. The number of benzene rings is 1. The van der Waals surface area contributed by atoms with Crippen LogP contribution in [0.4, 0.5) is 0 Å². The highest BCUT2D eigenvalue weighted by Gasteiger charge is 2.08. The lowest BCUT2D eigenvalue weighted by Crippen LogP contribution is -2.04. The second kappa shape index (κ2) is 6.05. The average molecular weight is 257 g/mol. The number of thioether (sulfide) groups is 1. The molecule has 2 rings (SSSR count). The van der Waals surface area contributed by atoms with E-state index in [0.717, 1.165) is 0 Å². The Balaban J connectivity index is 2.11. The summed E-state index contributed by atoms with van der Waals surface area (Å²) in [4.78, 5) is 5.49. The molecule has 1 aromatic heterocycles. The maximum absolute atomic E-state index is 4.15. The SMILES string of the molecule is CC(C)[C@H](C)Sc1ccc(-c2cccnc2)cc1. The van der Waals surface area contributed by atoms with Gasteiger partial charge in [0.1, 0.15) is 0 Å². The summed E-state index contributed by atoms with van der Waals surface area (Å²) in [7, 11) is 0. The maximum Gasteiger partial charge on any atom is 0.0346 e. The van der Waals surface area contributed by atoms with E-state index in [-0.39, 0.29) is 0 Å². The summed E-state index contributed by atoms with van der Waals surface area (Å²) >= 11 is 1.94. The van der Waals surface area contributed by atoms with Crippen molar-refractivity contribution in [3.05, 3.63) is 48.8 Å². The van der Waals surface area contributed by atoms with Crippen LogP contribution in [-0.4, -0.2) is 10.2 Å². The van der Waals surface area contributed by atoms with Gasteiger partial charge in [-0.2, -0.15) is 0 Å². The summed E-state index contributed by atoms with van der Waals surface area (Å²) in [6.07, 6.45) is 3.71. The highest BCUT2D eigenvalue weighted by Crippen LogP contribution is 2.29. The first-order chi connectivity index (χ1) is 8.66. The lowest BCUT2D eigenvalue weighted by molar-refractivity contribution is 0.642. The van der Waals surface area contributed by atoms with E-state index < -0.39 is 0 Å². The molecule has 18 heavy (non-hydrogen) atoms.